The number of amides is 1. The van der Waals surface area contributed by atoms with Gasteiger partial charge in [-0.05, 0) is 61.1 Å². The fourth-order valence-electron chi connectivity index (χ4n) is 5.70. The minimum atomic E-state index is -0.638. The highest BCUT2D eigenvalue weighted by molar-refractivity contribution is 6.09. The van der Waals surface area contributed by atoms with E-state index in [1.54, 1.807) is 19.4 Å². The molecule has 2 aromatic carbocycles. The minimum absolute atomic E-state index is 0.00457. The van der Waals surface area contributed by atoms with E-state index in [0.717, 1.165) is 22.4 Å². The summed E-state index contributed by atoms with van der Waals surface area (Å²) in [5.74, 6) is -0.369. The molecule has 210 valence electrons. The molecule has 1 amide bonds. The van der Waals surface area contributed by atoms with Gasteiger partial charge in [-0.3, -0.25) is 14.4 Å². The van der Waals surface area contributed by atoms with E-state index in [4.69, 9.17) is 9.47 Å². The number of ether oxygens (including phenoxy) is 2. The van der Waals surface area contributed by atoms with Gasteiger partial charge in [-0.25, -0.2) is 4.98 Å². The number of nitrogens with one attached hydrogen (secondary N) is 2. The van der Waals surface area contributed by atoms with Gasteiger partial charge in [-0.15, -0.1) is 0 Å². The quantitative estimate of drug-likeness (QED) is 0.376. The molecule has 1 aliphatic heterocycles. The van der Waals surface area contributed by atoms with E-state index in [2.05, 4.69) is 15.6 Å². The zero-order valence-corrected chi connectivity index (χ0v) is 23.6. The van der Waals surface area contributed by atoms with Gasteiger partial charge in [0, 0.05) is 53.6 Å². The predicted octanol–water partition coefficient (Wildman–Crippen LogP) is 5.46. The number of pyridine rings is 1. The minimum Gasteiger partial charge on any atom is -0.496 e. The summed E-state index contributed by atoms with van der Waals surface area (Å²) in [7, 11) is 1.55. The smallest absolute Gasteiger partial charge is 0.302 e. The number of allylic oxidation sites excluding steroid dienone is 3. The molecule has 0 bridgehead atoms. The first-order valence-electron chi connectivity index (χ1n) is 13.6. The second-order valence-corrected chi connectivity index (χ2v) is 10.4. The maximum absolute atomic E-state index is 13.9. The maximum Gasteiger partial charge on any atom is 0.302 e. The van der Waals surface area contributed by atoms with Crippen LogP contribution >= 0.6 is 0 Å². The molecule has 2 heterocycles. The van der Waals surface area contributed by atoms with Crippen molar-refractivity contribution in [2.24, 2.45) is 0 Å². The Hall–Kier alpha value is -4.72. The average Bonchev–Trinajstić information content (AvgIpc) is 2.96. The zero-order valence-electron chi connectivity index (χ0n) is 23.6. The summed E-state index contributed by atoms with van der Waals surface area (Å²) in [6.07, 6.45) is 2.61. The lowest BCUT2D eigenvalue weighted by Gasteiger charge is -2.37. The van der Waals surface area contributed by atoms with Crippen LogP contribution in [0.3, 0.4) is 0 Å². The first-order valence-corrected chi connectivity index (χ1v) is 13.6. The number of esters is 1. The van der Waals surface area contributed by atoms with Gasteiger partial charge in [0.25, 0.3) is 5.91 Å². The summed E-state index contributed by atoms with van der Waals surface area (Å²) in [5.41, 5.74) is 5.80. The Kier molecular flexibility index (Phi) is 8.01. The first kappa shape index (κ1) is 27.8. The van der Waals surface area contributed by atoms with Crippen LogP contribution in [0.2, 0.25) is 0 Å². The number of hydrogen-bond donors (Lipinski definition) is 2. The lowest BCUT2D eigenvalue weighted by Crippen LogP contribution is -2.37. The van der Waals surface area contributed by atoms with Crippen LogP contribution in [0, 0.1) is 6.92 Å². The lowest BCUT2D eigenvalue weighted by atomic mass is 9.71. The third kappa shape index (κ3) is 5.77. The van der Waals surface area contributed by atoms with Crippen molar-refractivity contribution in [1.29, 1.82) is 0 Å². The van der Waals surface area contributed by atoms with E-state index in [1.807, 2.05) is 68.4 Å². The van der Waals surface area contributed by atoms with Crippen LogP contribution in [-0.4, -0.2) is 29.8 Å². The Morgan fingerprint density at radius 1 is 1.02 bits per heavy atom. The summed E-state index contributed by atoms with van der Waals surface area (Å²) in [4.78, 5) is 43.8. The number of carbonyl (C=O) groups is 3. The third-order valence-corrected chi connectivity index (χ3v) is 7.65. The van der Waals surface area contributed by atoms with Crippen molar-refractivity contribution < 1.29 is 23.9 Å². The van der Waals surface area contributed by atoms with Gasteiger partial charge in [0.15, 0.2) is 5.78 Å². The van der Waals surface area contributed by atoms with Gasteiger partial charge in [-0.2, -0.15) is 0 Å². The van der Waals surface area contributed by atoms with Crippen molar-refractivity contribution in [3.05, 3.63) is 112 Å². The number of aromatic nitrogens is 1. The molecule has 0 saturated heterocycles. The Labute approximate surface area is 239 Å². The molecule has 8 nitrogen and oxygen atoms in total. The van der Waals surface area contributed by atoms with E-state index in [-0.39, 0.29) is 24.2 Å². The highest BCUT2D eigenvalue weighted by Crippen LogP contribution is 2.46. The van der Waals surface area contributed by atoms with Gasteiger partial charge in [0.05, 0.1) is 7.11 Å². The molecule has 2 atom stereocenters. The third-order valence-electron chi connectivity index (χ3n) is 7.65. The second kappa shape index (κ2) is 11.8. The molecule has 0 spiro atoms. The summed E-state index contributed by atoms with van der Waals surface area (Å²) in [6.45, 7) is 5.08. The SMILES string of the molecule is COc1ccc(C2C(C(=O)Nc3ncccc3C)=C(C)NC3=C2C(=O)CC(c2ccccc2)C3)cc1COC(C)=O. The Balaban J connectivity index is 1.61. The van der Waals surface area contributed by atoms with E-state index in [1.165, 1.54) is 6.92 Å². The van der Waals surface area contributed by atoms with Crippen molar-refractivity contribution in [1.82, 2.24) is 10.3 Å². The predicted molar refractivity (Wildman–Crippen MR) is 155 cm³/mol. The van der Waals surface area contributed by atoms with E-state index < -0.39 is 11.9 Å². The number of anilines is 1. The molecule has 2 N–H and O–H groups in total. The Morgan fingerprint density at radius 3 is 2.51 bits per heavy atom. The van der Waals surface area contributed by atoms with Crippen molar-refractivity contribution >= 4 is 23.5 Å². The lowest BCUT2D eigenvalue weighted by molar-refractivity contribution is -0.142. The molecule has 0 saturated carbocycles. The van der Waals surface area contributed by atoms with E-state index in [9.17, 15) is 14.4 Å². The molecule has 1 aromatic heterocycles. The van der Waals surface area contributed by atoms with Gasteiger partial charge >= 0.3 is 5.97 Å². The molecule has 0 fully saturated rings. The first-order chi connectivity index (χ1) is 19.8. The molecule has 41 heavy (non-hydrogen) atoms. The number of aryl methyl sites for hydroxylation is 1. The fourth-order valence-corrected chi connectivity index (χ4v) is 5.70. The topological polar surface area (TPSA) is 107 Å². The molecule has 2 unspecified atom stereocenters. The van der Waals surface area contributed by atoms with Crippen molar-refractivity contribution in [2.75, 3.05) is 12.4 Å². The van der Waals surface area contributed by atoms with Crippen molar-refractivity contribution in [3.63, 3.8) is 0 Å². The number of hydrogen-bond acceptors (Lipinski definition) is 7. The summed E-state index contributed by atoms with van der Waals surface area (Å²) in [5, 5.41) is 6.38. The van der Waals surface area contributed by atoms with Crippen LogP contribution < -0.4 is 15.4 Å². The van der Waals surface area contributed by atoms with Gasteiger partial charge in [0.1, 0.15) is 18.2 Å². The standard InChI is InChI=1S/C33H33N3O5/c1-19-9-8-14-34-32(19)36-33(39)29-20(2)35-26-16-24(22-10-6-5-7-11-22)17-27(38)31(26)30(29)23-12-13-28(40-4)25(15-23)18-41-21(3)37/h5-15,24,30,35H,16-18H2,1-4H3,(H,34,36,39). The number of ketones is 1. The van der Waals surface area contributed by atoms with Crippen LogP contribution in [0.1, 0.15) is 60.8 Å². The monoisotopic (exact) mass is 551 g/mol. The van der Waals surface area contributed by atoms with Gasteiger partial charge < -0.3 is 20.1 Å². The van der Waals surface area contributed by atoms with Crippen LogP contribution in [0.15, 0.2) is 89.4 Å². The van der Waals surface area contributed by atoms with Crippen molar-refractivity contribution in [3.8, 4) is 5.75 Å². The Morgan fingerprint density at radius 2 is 1.80 bits per heavy atom. The number of dihydropyridines is 1. The van der Waals surface area contributed by atoms with E-state index >= 15 is 0 Å². The highest BCUT2D eigenvalue weighted by atomic mass is 16.5. The zero-order chi connectivity index (χ0) is 29.1. The molecule has 8 heteroatoms. The molecule has 5 rings (SSSR count). The van der Waals surface area contributed by atoms with Crippen LogP contribution in [0.25, 0.3) is 0 Å². The van der Waals surface area contributed by atoms with Crippen LogP contribution in [-0.2, 0) is 25.7 Å². The Bertz CT molecular complexity index is 1570. The van der Waals surface area contributed by atoms with Crippen LogP contribution in [0.5, 0.6) is 5.75 Å². The number of methoxy groups -OCH3 is 1. The number of rotatable bonds is 7. The number of nitrogens with zero attached hydrogens (tertiary/aromatic N) is 1. The molecule has 2 aliphatic rings. The number of Topliss-reactive ketones (excluding diaryl/α,β-unsaturated/α-hetero) is 1. The molecule has 0 radical (unpaired) electrons. The molecule has 1 aliphatic carbocycles. The summed E-state index contributed by atoms with van der Waals surface area (Å²) in [6, 6.07) is 19.2. The maximum atomic E-state index is 13.9. The number of benzene rings is 2. The normalized spacial score (nSPS) is 18.4. The van der Waals surface area contributed by atoms with E-state index in [0.29, 0.717) is 46.8 Å². The van der Waals surface area contributed by atoms with Crippen LogP contribution in [0.4, 0.5) is 5.82 Å². The highest BCUT2D eigenvalue weighted by Gasteiger charge is 2.41. The molecular weight excluding hydrogens is 518 g/mol. The molecule has 3 aromatic rings. The van der Waals surface area contributed by atoms with Gasteiger partial charge in [0.2, 0.25) is 0 Å². The largest absolute Gasteiger partial charge is 0.496 e. The summed E-state index contributed by atoms with van der Waals surface area (Å²) >= 11 is 0. The van der Waals surface area contributed by atoms with Crippen molar-refractivity contribution in [2.45, 2.75) is 52.1 Å². The average molecular weight is 552 g/mol. The van der Waals surface area contributed by atoms with Gasteiger partial charge in [-0.1, -0.05) is 42.5 Å². The second-order valence-electron chi connectivity index (χ2n) is 10.4. The number of carbonyl (C=O) groups excluding carboxylic acids is 3. The summed E-state index contributed by atoms with van der Waals surface area (Å²) < 4.78 is 10.8. The fraction of sp³-hybridized carbons (Fsp3) is 0.273. The molecular formula is C33H33N3O5.